The van der Waals surface area contributed by atoms with Gasteiger partial charge in [-0.1, -0.05) is 44.1 Å². The zero-order valence-electron chi connectivity index (χ0n) is 10.7. The molecule has 0 aliphatic carbocycles. The molecule has 0 aliphatic heterocycles. The standard InChI is InChI=1S/C14H18FNO/c1-10(13(16-17)14(2,3)4)9-11-5-7-12(15)8-6-11/h5-9,17H,1-4H3/b10-9+,16-13-. The summed E-state index contributed by atoms with van der Waals surface area (Å²) in [5, 5.41) is 12.4. The molecule has 0 saturated heterocycles. The number of rotatable bonds is 2. The van der Waals surface area contributed by atoms with Crippen LogP contribution in [-0.4, -0.2) is 10.9 Å². The fourth-order valence-corrected chi connectivity index (χ4v) is 1.70. The van der Waals surface area contributed by atoms with Gasteiger partial charge in [0.05, 0.1) is 5.71 Å². The van der Waals surface area contributed by atoms with Gasteiger partial charge < -0.3 is 5.21 Å². The Morgan fingerprint density at radius 3 is 2.18 bits per heavy atom. The van der Waals surface area contributed by atoms with Crippen LogP contribution in [0.3, 0.4) is 0 Å². The topological polar surface area (TPSA) is 32.6 Å². The van der Waals surface area contributed by atoms with Gasteiger partial charge in [-0.2, -0.15) is 0 Å². The summed E-state index contributed by atoms with van der Waals surface area (Å²) >= 11 is 0. The van der Waals surface area contributed by atoms with Crippen LogP contribution in [0.2, 0.25) is 0 Å². The van der Waals surface area contributed by atoms with Gasteiger partial charge in [0.2, 0.25) is 0 Å². The second kappa shape index (κ2) is 5.13. The van der Waals surface area contributed by atoms with E-state index in [4.69, 9.17) is 5.21 Å². The van der Waals surface area contributed by atoms with Crippen LogP contribution in [0.5, 0.6) is 0 Å². The molecule has 0 saturated carbocycles. The summed E-state index contributed by atoms with van der Waals surface area (Å²) in [4.78, 5) is 0. The Labute approximate surface area is 101 Å². The minimum atomic E-state index is -0.258. The van der Waals surface area contributed by atoms with E-state index in [0.717, 1.165) is 11.1 Å². The molecule has 1 rings (SSSR count). The van der Waals surface area contributed by atoms with Gasteiger partial charge in [0.1, 0.15) is 5.82 Å². The lowest BCUT2D eigenvalue weighted by molar-refractivity contribution is 0.311. The van der Waals surface area contributed by atoms with Crippen molar-refractivity contribution < 1.29 is 9.60 Å². The summed E-state index contributed by atoms with van der Waals surface area (Å²) in [7, 11) is 0. The summed E-state index contributed by atoms with van der Waals surface area (Å²) in [5.74, 6) is -0.258. The molecule has 0 aliphatic rings. The highest BCUT2D eigenvalue weighted by atomic mass is 19.1. The van der Waals surface area contributed by atoms with Gasteiger partial charge in [0, 0.05) is 5.41 Å². The number of nitrogens with zero attached hydrogens (tertiary/aromatic N) is 1. The number of oxime groups is 1. The van der Waals surface area contributed by atoms with Crippen LogP contribution in [0.15, 0.2) is 35.0 Å². The molecule has 3 heteroatoms. The Balaban J connectivity index is 3.04. The van der Waals surface area contributed by atoms with Crippen LogP contribution in [0, 0.1) is 11.2 Å². The first kappa shape index (κ1) is 13.4. The monoisotopic (exact) mass is 235 g/mol. The van der Waals surface area contributed by atoms with E-state index in [2.05, 4.69) is 5.16 Å². The zero-order valence-corrected chi connectivity index (χ0v) is 10.7. The van der Waals surface area contributed by atoms with Crippen LogP contribution in [-0.2, 0) is 0 Å². The molecule has 0 fully saturated rings. The zero-order chi connectivity index (χ0) is 13.1. The summed E-state index contributed by atoms with van der Waals surface area (Å²) in [6, 6.07) is 6.20. The van der Waals surface area contributed by atoms with Crippen LogP contribution in [0.4, 0.5) is 4.39 Å². The lowest BCUT2D eigenvalue weighted by atomic mass is 9.85. The fourth-order valence-electron chi connectivity index (χ4n) is 1.70. The molecule has 1 N–H and O–H groups in total. The van der Waals surface area contributed by atoms with Gasteiger partial charge in [0.15, 0.2) is 0 Å². The van der Waals surface area contributed by atoms with Crippen molar-refractivity contribution in [3.63, 3.8) is 0 Å². The summed E-state index contributed by atoms with van der Waals surface area (Å²) in [5.41, 5.74) is 2.15. The smallest absolute Gasteiger partial charge is 0.123 e. The van der Waals surface area contributed by atoms with Crippen molar-refractivity contribution >= 4 is 11.8 Å². The van der Waals surface area contributed by atoms with Crippen LogP contribution in [0.25, 0.3) is 6.08 Å². The quantitative estimate of drug-likeness (QED) is 0.467. The Morgan fingerprint density at radius 1 is 1.24 bits per heavy atom. The van der Waals surface area contributed by atoms with Gasteiger partial charge in [0.25, 0.3) is 0 Å². The molecular weight excluding hydrogens is 217 g/mol. The number of halogens is 1. The van der Waals surface area contributed by atoms with Crippen molar-refractivity contribution in [3.05, 3.63) is 41.2 Å². The Hall–Kier alpha value is -1.64. The van der Waals surface area contributed by atoms with Crippen LogP contribution >= 0.6 is 0 Å². The minimum Gasteiger partial charge on any atom is -0.411 e. The molecule has 0 amide bonds. The molecule has 0 heterocycles. The molecule has 1 aromatic carbocycles. The van der Waals surface area contributed by atoms with Crippen LogP contribution in [0.1, 0.15) is 33.3 Å². The largest absolute Gasteiger partial charge is 0.411 e. The van der Waals surface area contributed by atoms with E-state index in [-0.39, 0.29) is 11.2 Å². The van der Waals surface area contributed by atoms with Crippen molar-refractivity contribution in [3.8, 4) is 0 Å². The average molecular weight is 235 g/mol. The van der Waals surface area contributed by atoms with Crippen molar-refractivity contribution in [2.45, 2.75) is 27.7 Å². The van der Waals surface area contributed by atoms with E-state index in [1.165, 1.54) is 12.1 Å². The first-order chi connectivity index (χ1) is 7.84. The molecule has 0 bridgehead atoms. The highest BCUT2D eigenvalue weighted by Crippen LogP contribution is 2.22. The van der Waals surface area contributed by atoms with E-state index in [0.29, 0.717) is 5.71 Å². The molecule has 92 valence electrons. The first-order valence-electron chi connectivity index (χ1n) is 5.51. The Kier molecular flexibility index (Phi) is 4.05. The van der Waals surface area contributed by atoms with E-state index >= 15 is 0 Å². The molecule has 0 unspecified atom stereocenters. The molecule has 0 atom stereocenters. The summed E-state index contributed by atoms with van der Waals surface area (Å²) < 4.78 is 12.8. The highest BCUT2D eigenvalue weighted by molar-refractivity contribution is 6.06. The predicted octanol–water partition coefficient (Wildman–Crippen LogP) is 4.11. The van der Waals surface area contributed by atoms with Gasteiger partial charge in [-0.05, 0) is 30.2 Å². The van der Waals surface area contributed by atoms with Crippen LogP contribution < -0.4 is 0 Å². The van der Waals surface area contributed by atoms with Crippen molar-refractivity contribution in [1.29, 1.82) is 0 Å². The number of allylic oxidation sites excluding steroid dienone is 1. The van der Waals surface area contributed by atoms with Crippen molar-refractivity contribution in [2.75, 3.05) is 0 Å². The first-order valence-corrected chi connectivity index (χ1v) is 5.51. The van der Waals surface area contributed by atoms with Gasteiger partial charge in [-0.15, -0.1) is 0 Å². The highest BCUT2D eigenvalue weighted by Gasteiger charge is 2.20. The summed E-state index contributed by atoms with van der Waals surface area (Å²) in [6.07, 6.45) is 1.87. The third kappa shape index (κ3) is 3.70. The molecular formula is C14H18FNO. The van der Waals surface area contributed by atoms with E-state index < -0.39 is 0 Å². The predicted molar refractivity (Wildman–Crippen MR) is 68.7 cm³/mol. The number of hydrogen-bond donors (Lipinski definition) is 1. The maximum Gasteiger partial charge on any atom is 0.123 e. The number of benzene rings is 1. The lowest BCUT2D eigenvalue weighted by Crippen LogP contribution is -2.21. The molecule has 0 spiro atoms. The third-order valence-corrected chi connectivity index (χ3v) is 2.44. The second-order valence-electron chi connectivity index (χ2n) is 5.08. The maximum absolute atomic E-state index is 12.8. The number of hydrogen-bond acceptors (Lipinski definition) is 2. The fraction of sp³-hybridized carbons (Fsp3) is 0.357. The molecule has 0 aromatic heterocycles. The third-order valence-electron chi connectivity index (χ3n) is 2.44. The molecule has 2 nitrogen and oxygen atoms in total. The average Bonchev–Trinajstić information content (AvgIpc) is 2.20. The lowest BCUT2D eigenvalue weighted by Gasteiger charge is -2.20. The van der Waals surface area contributed by atoms with E-state index in [9.17, 15) is 4.39 Å². The summed E-state index contributed by atoms with van der Waals surface area (Å²) in [6.45, 7) is 7.81. The SMILES string of the molecule is CC(=C\c1ccc(F)cc1)/C(=N/O)C(C)(C)C. The van der Waals surface area contributed by atoms with E-state index in [1.54, 1.807) is 12.1 Å². The normalized spacial score (nSPS) is 13.9. The molecule has 17 heavy (non-hydrogen) atoms. The van der Waals surface area contributed by atoms with Gasteiger partial charge in [-0.25, -0.2) is 4.39 Å². The minimum absolute atomic E-state index is 0.227. The van der Waals surface area contributed by atoms with Gasteiger partial charge in [-0.3, -0.25) is 0 Å². The van der Waals surface area contributed by atoms with E-state index in [1.807, 2.05) is 33.8 Å². The van der Waals surface area contributed by atoms with Gasteiger partial charge >= 0.3 is 0 Å². The second-order valence-corrected chi connectivity index (χ2v) is 5.08. The molecule has 0 radical (unpaired) electrons. The van der Waals surface area contributed by atoms with Crippen molar-refractivity contribution in [2.24, 2.45) is 10.6 Å². The maximum atomic E-state index is 12.8. The Bertz CT molecular complexity index is 438. The molecule has 1 aromatic rings. The Morgan fingerprint density at radius 2 is 1.76 bits per heavy atom. The van der Waals surface area contributed by atoms with Crippen molar-refractivity contribution in [1.82, 2.24) is 0 Å².